The molecule has 1 aromatic carbocycles. The van der Waals surface area contributed by atoms with E-state index in [1.54, 1.807) is 11.0 Å². The van der Waals surface area contributed by atoms with Gasteiger partial charge in [-0.1, -0.05) is 17.7 Å². The van der Waals surface area contributed by atoms with Crippen LogP contribution in [0.3, 0.4) is 0 Å². The van der Waals surface area contributed by atoms with E-state index in [2.05, 4.69) is 0 Å². The fourth-order valence-corrected chi connectivity index (χ4v) is 3.95. The average Bonchev–Trinajstić information content (AvgIpc) is 3.16. The topological polar surface area (TPSA) is 40.6 Å². The number of benzene rings is 1. The molecule has 6 heteroatoms. The average molecular weight is 367 g/mol. The third kappa shape index (κ3) is 4.32. The Morgan fingerprint density at radius 3 is 2.60 bits per heavy atom. The summed E-state index contributed by atoms with van der Waals surface area (Å²) >= 11 is 5.78. The zero-order valence-electron chi connectivity index (χ0n) is 14.3. The van der Waals surface area contributed by atoms with Gasteiger partial charge >= 0.3 is 0 Å². The molecule has 0 unspecified atom stereocenters. The molecule has 0 spiro atoms. The Labute approximate surface area is 152 Å². The second kappa shape index (κ2) is 8.17. The van der Waals surface area contributed by atoms with Gasteiger partial charge in [-0.05, 0) is 50.2 Å². The summed E-state index contributed by atoms with van der Waals surface area (Å²) in [6, 6.07) is 4.51. The van der Waals surface area contributed by atoms with E-state index in [-0.39, 0.29) is 22.4 Å². The molecule has 4 nitrogen and oxygen atoms in total. The number of piperidine rings is 1. The first-order valence-electron chi connectivity index (χ1n) is 9.07. The summed E-state index contributed by atoms with van der Waals surface area (Å²) in [5.41, 5.74) is 0.0290. The number of hydrogen-bond acceptors (Lipinski definition) is 2. The number of hydrogen-bond donors (Lipinski definition) is 0. The van der Waals surface area contributed by atoms with Crippen molar-refractivity contribution in [2.75, 3.05) is 26.2 Å². The van der Waals surface area contributed by atoms with Crippen LogP contribution in [0.5, 0.6) is 0 Å². The first-order chi connectivity index (χ1) is 12.1. The number of carbonyl (C=O) groups excluding carboxylic acids is 2. The van der Waals surface area contributed by atoms with Crippen molar-refractivity contribution in [1.82, 2.24) is 9.80 Å². The van der Waals surface area contributed by atoms with Crippen LogP contribution in [0.15, 0.2) is 18.2 Å². The molecule has 1 atom stereocenters. The Bertz CT molecular complexity index is 646. The highest BCUT2D eigenvalue weighted by molar-refractivity contribution is 6.31. The van der Waals surface area contributed by atoms with Gasteiger partial charge in [0.25, 0.3) is 5.91 Å². The van der Waals surface area contributed by atoms with Gasteiger partial charge in [0.05, 0.1) is 10.6 Å². The molecule has 2 fully saturated rings. The number of likely N-dealkylation sites (tertiary alicyclic amines) is 2. The molecule has 0 bridgehead atoms. The fraction of sp³-hybridized carbons (Fsp3) is 0.579. The Morgan fingerprint density at radius 2 is 1.84 bits per heavy atom. The summed E-state index contributed by atoms with van der Waals surface area (Å²) in [5, 5.41) is -0.0318. The lowest BCUT2D eigenvalue weighted by molar-refractivity contribution is -0.130. The summed E-state index contributed by atoms with van der Waals surface area (Å²) in [4.78, 5) is 28.4. The third-order valence-corrected chi connectivity index (χ3v) is 5.51. The van der Waals surface area contributed by atoms with Crippen LogP contribution < -0.4 is 0 Å². The minimum absolute atomic E-state index is 0.0290. The molecule has 136 valence electrons. The quantitative estimate of drug-likeness (QED) is 0.814. The smallest absolute Gasteiger partial charge is 0.256 e. The summed E-state index contributed by atoms with van der Waals surface area (Å²) in [6.07, 6.45) is 5.42. The third-order valence-electron chi connectivity index (χ3n) is 5.21. The van der Waals surface area contributed by atoms with E-state index in [1.165, 1.54) is 12.1 Å². The molecular formula is C19H24ClFN2O2. The first-order valence-corrected chi connectivity index (χ1v) is 9.45. The molecule has 0 aliphatic carbocycles. The summed E-state index contributed by atoms with van der Waals surface area (Å²) in [6.45, 7) is 2.96. The van der Waals surface area contributed by atoms with Gasteiger partial charge in [-0.3, -0.25) is 9.59 Å². The minimum Gasteiger partial charge on any atom is -0.343 e. The van der Waals surface area contributed by atoms with Crippen LogP contribution >= 0.6 is 11.6 Å². The molecule has 25 heavy (non-hydrogen) atoms. The Kier molecular flexibility index (Phi) is 5.94. The van der Waals surface area contributed by atoms with Crippen molar-refractivity contribution >= 4 is 23.4 Å². The molecular weight excluding hydrogens is 343 g/mol. The monoisotopic (exact) mass is 366 g/mol. The molecule has 2 aliphatic heterocycles. The van der Waals surface area contributed by atoms with Gasteiger partial charge in [-0.15, -0.1) is 0 Å². The lowest BCUT2D eigenvalue weighted by Crippen LogP contribution is -2.40. The molecule has 2 aliphatic rings. The lowest BCUT2D eigenvalue weighted by atomic mass is 9.92. The van der Waals surface area contributed by atoms with E-state index < -0.39 is 5.82 Å². The van der Waals surface area contributed by atoms with Crippen molar-refractivity contribution in [3.8, 4) is 0 Å². The van der Waals surface area contributed by atoms with Gasteiger partial charge in [0, 0.05) is 32.6 Å². The fourth-order valence-electron chi connectivity index (χ4n) is 3.78. The van der Waals surface area contributed by atoms with E-state index in [4.69, 9.17) is 11.6 Å². The van der Waals surface area contributed by atoms with Gasteiger partial charge in [-0.25, -0.2) is 4.39 Å². The molecule has 2 amide bonds. The van der Waals surface area contributed by atoms with Crippen LogP contribution in [-0.4, -0.2) is 47.8 Å². The molecule has 1 aromatic rings. The minimum atomic E-state index is -0.652. The van der Waals surface area contributed by atoms with Crippen LogP contribution in [0.1, 0.15) is 48.9 Å². The van der Waals surface area contributed by atoms with Crippen LogP contribution in [0.2, 0.25) is 5.02 Å². The first kappa shape index (κ1) is 18.2. The Balaban J connectivity index is 1.56. The van der Waals surface area contributed by atoms with E-state index in [0.717, 1.165) is 45.2 Å². The number of carbonyl (C=O) groups is 2. The predicted octanol–water partition coefficient (Wildman–Crippen LogP) is 3.73. The summed E-state index contributed by atoms with van der Waals surface area (Å²) < 4.78 is 14.1. The van der Waals surface area contributed by atoms with Gasteiger partial charge in [-0.2, -0.15) is 0 Å². The van der Waals surface area contributed by atoms with Crippen molar-refractivity contribution in [2.24, 2.45) is 5.92 Å². The Morgan fingerprint density at radius 1 is 1.12 bits per heavy atom. The van der Waals surface area contributed by atoms with E-state index in [0.29, 0.717) is 25.4 Å². The maximum atomic E-state index is 14.1. The largest absolute Gasteiger partial charge is 0.343 e. The van der Waals surface area contributed by atoms with E-state index >= 15 is 0 Å². The molecule has 3 rings (SSSR count). The van der Waals surface area contributed by atoms with Crippen LogP contribution in [-0.2, 0) is 4.79 Å². The maximum Gasteiger partial charge on any atom is 0.256 e. The number of nitrogens with zero attached hydrogens (tertiary/aromatic N) is 2. The summed E-state index contributed by atoms with van der Waals surface area (Å²) in [5.74, 6) is -0.440. The molecule has 0 N–H and O–H groups in total. The van der Waals surface area contributed by atoms with Crippen LogP contribution in [0, 0.1) is 11.7 Å². The van der Waals surface area contributed by atoms with Crippen molar-refractivity contribution in [3.05, 3.63) is 34.6 Å². The molecule has 0 saturated carbocycles. The van der Waals surface area contributed by atoms with Gasteiger partial charge < -0.3 is 9.80 Å². The van der Waals surface area contributed by atoms with Crippen molar-refractivity contribution < 1.29 is 14.0 Å². The zero-order valence-corrected chi connectivity index (χ0v) is 15.1. The zero-order chi connectivity index (χ0) is 17.8. The van der Waals surface area contributed by atoms with Gasteiger partial charge in [0.1, 0.15) is 0 Å². The van der Waals surface area contributed by atoms with E-state index in [9.17, 15) is 14.0 Å². The van der Waals surface area contributed by atoms with Crippen LogP contribution in [0.25, 0.3) is 0 Å². The highest BCUT2D eigenvalue weighted by Crippen LogP contribution is 2.25. The second-order valence-electron chi connectivity index (χ2n) is 6.99. The molecule has 2 heterocycles. The van der Waals surface area contributed by atoms with Crippen LogP contribution in [0.4, 0.5) is 4.39 Å². The molecule has 0 radical (unpaired) electrons. The number of amides is 2. The normalized spacial score (nSPS) is 20.8. The van der Waals surface area contributed by atoms with Crippen molar-refractivity contribution in [1.29, 1.82) is 0 Å². The predicted molar refractivity (Wildman–Crippen MR) is 95.1 cm³/mol. The number of halogens is 2. The summed E-state index contributed by atoms with van der Waals surface area (Å²) in [7, 11) is 0. The Hall–Kier alpha value is -1.62. The van der Waals surface area contributed by atoms with Gasteiger partial charge in [0.15, 0.2) is 5.82 Å². The van der Waals surface area contributed by atoms with Crippen molar-refractivity contribution in [3.63, 3.8) is 0 Å². The number of rotatable bonds is 4. The SMILES string of the molecule is O=C(CC[C@H]1CCCN(C(=O)c2cccc(Cl)c2F)C1)N1CCCC1. The highest BCUT2D eigenvalue weighted by Gasteiger charge is 2.27. The molecule has 0 aromatic heterocycles. The van der Waals surface area contributed by atoms with Crippen molar-refractivity contribution in [2.45, 2.75) is 38.5 Å². The van der Waals surface area contributed by atoms with Gasteiger partial charge in [0.2, 0.25) is 5.91 Å². The standard InChI is InChI=1S/C19H24ClFN2O2/c20-16-7-3-6-15(18(16)21)19(25)23-12-4-5-14(13-23)8-9-17(24)22-10-1-2-11-22/h3,6-7,14H,1-2,4-5,8-13H2/t14-/m1/s1. The second-order valence-corrected chi connectivity index (χ2v) is 7.39. The molecule has 2 saturated heterocycles. The van der Waals surface area contributed by atoms with E-state index in [1.807, 2.05) is 4.90 Å². The lowest BCUT2D eigenvalue weighted by Gasteiger charge is -2.33. The maximum absolute atomic E-state index is 14.1. The highest BCUT2D eigenvalue weighted by atomic mass is 35.5.